The van der Waals surface area contributed by atoms with Crippen molar-refractivity contribution >= 4 is 17.2 Å². The highest BCUT2D eigenvalue weighted by Crippen LogP contribution is 2.41. The number of fused-ring (bicyclic) bond motifs is 1. The van der Waals surface area contributed by atoms with Crippen LogP contribution in [0.4, 0.5) is 0 Å². The van der Waals surface area contributed by atoms with E-state index < -0.39 is 6.10 Å². The third-order valence-corrected chi connectivity index (χ3v) is 7.38. The number of carbonyl (C=O) groups excluding carboxylic acids is 1. The van der Waals surface area contributed by atoms with Crippen LogP contribution >= 0.6 is 11.3 Å². The van der Waals surface area contributed by atoms with Crippen LogP contribution in [0.2, 0.25) is 0 Å². The predicted octanol–water partition coefficient (Wildman–Crippen LogP) is 2.72. The van der Waals surface area contributed by atoms with Gasteiger partial charge < -0.3 is 10.0 Å². The summed E-state index contributed by atoms with van der Waals surface area (Å²) in [5.74, 6) is 0.777. The van der Waals surface area contributed by atoms with Crippen LogP contribution in [-0.2, 0) is 6.42 Å². The number of likely N-dealkylation sites (tertiary alicyclic amines) is 1. The van der Waals surface area contributed by atoms with Gasteiger partial charge >= 0.3 is 0 Å². The molecule has 0 bridgehead atoms. The van der Waals surface area contributed by atoms with Crippen LogP contribution in [0.3, 0.4) is 0 Å². The molecule has 1 saturated carbocycles. The highest BCUT2D eigenvalue weighted by Gasteiger charge is 2.44. The highest BCUT2D eigenvalue weighted by molar-refractivity contribution is 7.11. The van der Waals surface area contributed by atoms with E-state index in [1.165, 1.54) is 16.9 Å². The fraction of sp³-hybridized carbons (Fsp3) is 0.455. The smallest absolute Gasteiger partial charge is 0.265 e. The Morgan fingerprint density at radius 3 is 2.70 bits per heavy atom. The Balaban J connectivity index is 1.27. The van der Waals surface area contributed by atoms with E-state index in [9.17, 15) is 9.90 Å². The van der Waals surface area contributed by atoms with E-state index in [2.05, 4.69) is 27.4 Å². The average molecular weight is 424 g/mol. The highest BCUT2D eigenvalue weighted by atomic mass is 32.1. The third-order valence-electron chi connectivity index (χ3n) is 6.46. The molecule has 1 aliphatic heterocycles. The van der Waals surface area contributed by atoms with Gasteiger partial charge in [-0.2, -0.15) is 0 Å². The minimum absolute atomic E-state index is 0.0707. The summed E-state index contributed by atoms with van der Waals surface area (Å²) < 4.78 is 1.83. The number of thiazole rings is 1. The Morgan fingerprint density at radius 2 is 1.97 bits per heavy atom. The van der Waals surface area contributed by atoms with Crippen LogP contribution in [0.5, 0.6) is 0 Å². The normalized spacial score (nSPS) is 26.0. The van der Waals surface area contributed by atoms with Crippen molar-refractivity contribution in [3.63, 3.8) is 0 Å². The molecule has 2 fully saturated rings. The summed E-state index contributed by atoms with van der Waals surface area (Å²) in [6, 6.07) is 10.1. The maximum Gasteiger partial charge on any atom is 0.265 e. The second-order valence-electron chi connectivity index (χ2n) is 8.46. The number of nitrogens with zero attached hydrogens (tertiary/aromatic N) is 5. The van der Waals surface area contributed by atoms with E-state index in [-0.39, 0.29) is 11.9 Å². The van der Waals surface area contributed by atoms with Crippen molar-refractivity contribution in [1.29, 1.82) is 0 Å². The van der Waals surface area contributed by atoms with Crippen LogP contribution in [0.15, 0.2) is 42.0 Å². The molecule has 0 unspecified atom stereocenters. The van der Waals surface area contributed by atoms with Gasteiger partial charge in [-0.15, -0.1) is 16.4 Å². The van der Waals surface area contributed by atoms with Crippen molar-refractivity contribution in [3.8, 4) is 0 Å². The van der Waals surface area contributed by atoms with Gasteiger partial charge in [-0.25, -0.2) is 9.67 Å². The molecule has 156 valence electrons. The molecule has 7 nitrogen and oxygen atoms in total. The van der Waals surface area contributed by atoms with Gasteiger partial charge in [0.1, 0.15) is 4.88 Å². The molecule has 3 heterocycles. The first-order valence-corrected chi connectivity index (χ1v) is 11.3. The van der Waals surface area contributed by atoms with Crippen molar-refractivity contribution in [1.82, 2.24) is 24.9 Å². The minimum Gasteiger partial charge on any atom is -0.391 e. The zero-order valence-electron chi connectivity index (χ0n) is 16.9. The van der Waals surface area contributed by atoms with Gasteiger partial charge in [-0.05, 0) is 37.2 Å². The molecule has 3 aromatic rings. The SMILES string of the molecule is Cc1ncsc1C(=O)N1C[C@H]2C[C@@H](n3cc(Cc4ccccc4)nn3)[C@H](O)C[C@H]2C1. The van der Waals surface area contributed by atoms with Gasteiger partial charge in [0.25, 0.3) is 5.91 Å². The van der Waals surface area contributed by atoms with E-state index >= 15 is 0 Å². The second kappa shape index (κ2) is 7.92. The third kappa shape index (κ3) is 3.65. The molecular weight excluding hydrogens is 398 g/mol. The summed E-state index contributed by atoms with van der Waals surface area (Å²) in [6.07, 6.45) is 3.71. The lowest BCUT2D eigenvalue weighted by Crippen LogP contribution is -2.36. The number of amides is 1. The van der Waals surface area contributed by atoms with Crippen LogP contribution in [0.25, 0.3) is 0 Å². The number of aromatic nitrogens is 4. The summed E-state index contributed by atoms with van der Waals surface area (Å²) >= 11 is 1.41. The maximum atomic E-state index is 12.9. The fourth-order valence-electron chi connectivity index (χ4n) is 4.87. The van der Waals surface area contributed by atoms with Crippen molar-refractivity contribution in [2.24, 2.45) is 11.8 Å². The Bertz CT molecular complexity index is 1030. The maximum absolute atomic E-state index is 12.9. The summed E-state index contributed by atoms with van der Waals surface area (Å²) in [7, 11) is 0. The molecule has 2 aromatic heterocycles. The zero-order valence-corrected chi connectivity index (χ0v) is 17.7. The number of aliphatic hydroxyl groups is 1. The summed E-state index contributed by atoms with van der Waals surface area (Å²) in [5.41, 5.74) is 4.62. The Kier molecular flexibility index (Phi) is 5.12. The zero-order chi connectivity index (χ0) is 20.7. The first kappa shape index (κ1) is 19.4. The first-order chi connectivity index (χ1) is 14.6. The van der Waals surface area contributed by atoms with E-state index in [1.54, 1.807) is 5.51 Å². The van der Waals surface area contributed by atoms with Crippen LogP contribution in [0.1, 0.15) is 45.5 Å². The van der Waals surface area contributed by atoms with E-state index in [1.807, 2.05) is 40.9 Å². The van der Waals surface area contributed by atoms with Gasteiger partial charge in [0.05, 0.1) is 29.0 Å². The minimum atomic E-state index is -0.474. The number of hydrogen-bond donors (Lipinski definition) is 1. The van der Waals surface area contributed by atoms with Gasteiger partial charge in [0.2, 0.25) is 0 Å². The lowest BCUT2D eigenvalue weighted by atomic mass is 9.77. The number of aryl methyl sites for hydroxylation is 1. The lowest BCUT2D eigenvalue weighted by Gasteiger charge is -2.34. The van der Waals surface area contributed by atoms with Gasteiger partial charge in [0, 0.05) is 25.7 Å². The number of benzene rings is 1. The second-order valence-corrected chi connectivity index (χ2v) is 9.31. The topological polar surface area (TPSA) is 84.1 Å². The monoisotopic (exact) mass is 423 g/mol. The van der Waals surface area contributed by atoms with Crippen LogP contribution in [0, 0.1) is 18.8 Å². The molecule has 0 radical (unpaired) electrons. The van der Waals surface area contributed by atoms with E-state index in [4.69, 9.17) is 0 Å². The molecule has 1 aromatic carbocycles. The molecule has 4 atom stereocenters. The molecule has 30 heavy (non-hydrogen) atoms. The first-order valence-electron chi connectivity index (χ1n) is 10.4. The molecule has 2 aliphatic rings. The molecule has 1 aliphatic carbocycles. The van der Waals surface area contributed by atoms with Crippen molar-refractivity contribution < 1.29 is 9.90 Å². The van der Waals surface area contributed by atoms with Crippen molar-refractivity contribution in [2.45, 2.75) is 38.3 Å². The predicted molar refractivity (Wildman–Crippen MR) is 113 cm³/mol. The average Bonchev–Trinajstić information content (AvgIpc) is 3.47. The Labute approximate surface area is 179 Å². The molecule has 5 rings (SSSR count). The van der Waals surface area contributed by atoms with Crippen LogP contribution in [-0.4, -0.2) is 55.1 Å². The number of hydrogen-bond acceptors (Lipinski definition) is 6. The molecule has 1 N–H and O–H groups in total. The largest absolute Gasteiger partial charge is 0.391 e. The van der Waals surface area contributed by atoms with Crippen LogP contribution < -0.4 is 0 Å². The molecule has 1 saturated heterocycles. The Hall–Kier alpha value is -2.58. The van der Waals surface area contributed by atoms with Crippen molar-refractivity contribution in [2.75, 3.05) is 13.1 Å². The standard InChI is InChI=1S/C22H25N5O2S/c1-14-21(30-13-23-14)22(29)26-10-16-8-19(20(28)9-17(16)11-26)27-12-18(24-25-27)7-15-5-3-2-4-6-15/h2-6,12-13,16-17,19-20,28H,7-11H2,1H3/t16-,17+,19-,20-/m1/s1. The summed E-state index contributed by atoms with van der Waals surface area (Å²) in [5, 5.41) is 19.5. The van der Waals surface area contributed by atoms with E-state index in [0.29, 0.717) is 24.8 Å². The number of carbonyl (C=O) groups is 1. The fourth-order valence-corrected chi connectivity index (χ4v) is 5.64. The number of aliphatic hydroxyl groups excluding tert-OH is 1. The van der Waals surface area contributed by atoms with Gasteiger partial charge in [0.15, 0.2) is 0 Å². The van der Waals surface area contributed by atoms with E-state index in [0.717, 1.165) is 35.7 Å². The molecule has 8 heteroatoms. The Morgan fingerprint density at radius 1 is 1.20 bits per heavy atom. The van der Waals surface area contributed by atoms with Gasteiger partial charge in [-0.3, -0.25) is 4.79 Å². The molecule has 1 amide bonds. The lowest BCUT2D eigenvalue weighted by molar-refractivity contribution is 0.0298. The van der Waals surface area contributed by atoms with Crippen molar-refractivity contribution in [3.05, 3.63) is 63.9 Å². The quantitative estimate of drug-likeness (QED) is 0.698. The summed E-state index contributed by atoms with van der Waals surface area (Å²) in [6.45, 7) is 3.32. The summed E-state index contributed by atoms with van der Waals surface area (Å²) in [4.78, 5) is 19.8. The van der Waals surface area contributed by atoms with Gasteiger partial charge in [-0.1, -0.05) is 35.5 Å². The molecule has 0 spiro atoms. The number of rotatable bonds is 4. The molecular formula is C22H25N5O2S.